The molecule has 0 atom stereocenters. The highest BCUT2D eigenvalue weighted by Gasteiger charge is 1.97. The van der Waals surface area contributed by atoms with Crippen molar-refractivity contribution < 1.29 is 0 Å². The van der Waals surface area contributed by atoms with Gasteiger partial charge in [-0.15, -0.1) is 0 Å². The Balaban J connectivity index is 2.95. The lowest BCUT2D eigenvalue weighted by Crippen LogP contribution is -2.09. The lowest BCUT2D eigenvalue weighted by Gasteiger charge is -2.11. The van der Waals surface area contributed by atoms with E-state index in [9.17, 15) is 0 Å². The molecule has 0 amide bonds. The molecule has 0 fully saturated rings. The van der Waals surface area contributed by atoms with Crippen LogP contribution in [0.3, 0.4) is 0 Å². The van der Waals surface area contributed by atoms with Crippen LogP contribution in [-0.4, -0.2) is 25.2 Å². The highest BCUT2D eigenvalue weighted by Crippen LogP contribution is 2.15. The van der Waals surface area contributed by atoms with Gasteiger partial charge in [-0.25, -0.2) is 4.99 Å². The molecule has 0 N–H and O–H groups in total. The third kappa shape index (κ3) is 3.49. The van der Waals surface area contributed by atoms with Gasteiger partial charge in [0.05, 0.1) is 0 Å². The van der Waals surface area contributed by atoms with Gasteiger partial charge >= 0.3 is 0 Å². The summed E-state index contributed by atoms with van der Waals surface area (Å²) >= 11 is 3.46. The molecule has 1 aromatic rings. The molecule has 1 rings (SSSR count). The Hall–Kier alpha value is -1.09. The molecule has 0 saturated heterocycles. The molecular weight excluding hydrogens is 264 g/mol. The molecule has 86 valence electrons. The maximum absolute atomic E-state index is 4.46. The fourth-order valence-corrected chi connectivity index (χ4v) is 1.71. The Morgan fingerprint density at radius 1 is 1.38 bits per heavy atom. The Kier molecular flexibility index (Phi) is 4.74. The van der Waals surface area contributed by atoms with Crippen LogP contribution in [0.2, 0.25) is 0 Å². The van der Waals surface area contributed by atoms with Crippen LogP contribution in [0.15, 0.2) is 39.6 Å². The maximum atomic E-state index is 4.46. The molecule has 0 spiro atoms. The van der Waals surface area contributed by atoms with Crippen molar-refractivity contribution in [3.05, 3.63) is 45.7 Å². The first-order chi connectivity index (χ1) is 7.54. The Labute approximate surface area is 106 Å². The number of aryl methyl sites for hydroxylation is 1. The fourth-order valence-electron chi connectivity index (χ4n) is 1.33. The summed E-state index contributed by atoms with van der Waals surface area (Å²) in [6.07, 6.45) is 3.89. The van der Waals surface area contributed by atoms with Crippen LogP contribution in [0.25, 0.3) is 0 Å². The van der Waals surface area contributed by atoms with E-state index in [0.717, 1.165) is 15.9 Å². The van der Waals surface area contributed by atoms with Gasteiger partial charge in [0.1, 0.15) is 5.82 Å². The van der Waals surface area contributed by atoms with E-state index in [1.165, 1.54) is 5.56 Å². The summed E-state index contributed by atoms with van der Waals surface area (Å²) in [5, 5.41) is 0. The summed E-state index contributed by atoms with van der Waals surface area (Å²) < 4.78 is 1.08. The van der Waals surface area contributed by atoms with Gasteiger partial charge < -0.3 is 4.90 Å². The number of nitrogens with zero attached hydrogens (tertiary/aromatic N) is 2. The van der Waals surface area contributed by atoms with Crippen LogP contribution in [0.4, 0.5) is 0 Å². The fraction of sp³-hybridized carbons (Fsp3) is 0.308. The molecule has 0 aliphatic rings. The summed E-state index contributed by atoms with van der Waals surface area (Å²) in [5.41, 5.74) is 2.36. The van der Waals surface area contributed by atoms with Crippen molar-refractivity contribution in [3.63, 3.8) is 0 Å². The zero-order valence-corrected chi connectivity index (χ0v) is 11.7. The summed E-state index contributed by atoms with van der Waals surface area (Å²) in [5.74, 6) is 0.958. The predicted molar refractivity (Wildman–Crippen MR) is 73.9 cm³/mol. The van der Waals surface area contributed by atoms with Crippen molar-refractivity contribution in [2.45, 2.75) is 13.8 Å². The molecule has 0 aromatic heterocycles. The molecule has 0 heterocycles. The zero-order chi connectivity index (χ0) is 12.1. The molecule has 0 aliphatic carbocycles. The minimum absolute atomic E-state index is 0.958. The summed E-state index contributed by atoms with van der Waals surface area (Å²) in [6.45, 7) is 4.07. The number of hydrogen-bond donors (Lipinski definition) is 0. The van der Waals surface area contributed by atoms with Crippen LogP contribution in [0.1, 0.15) is 18.1 Å². The lowest BCUT2D eigenvalue weighted by atomic mass is 10.1. The number of aliphatic imine (C=N–C) groups is 1. The molecule has 2 nitrogen and oxygen atoms in total. The molecule has 0 aliphatic heterocycles. The average Bonchev–Trinajstić information content (AvgIpc) is 2.23. The summed E-state index contributed by atoms with van der Waals surface area (Å²) in [6, 6.07) is 6.19. The molecule has 1 aromatic carbocycles. The normalized spacial score (nSPS) is 12.2. The summed E-state index contributed by atoms with van der Waals surface area (Å²) in [4.78, 5) is 6.44. The largest absolute Gasteiger partial charge is 0.363 e. The van der Waals surface area contributed by atoms with Gasteiger partial charge in [-0.3, -0.25) is 0 Å². The number of hydrogen-bond acceptors (Lipinski definition) is 2. The Morgan fingerprint density at radius 2 is 2.06 bits per heavy atom. The van der Waals surface area contributed by atoms with Crippen molar-refractivity contribution in [1.29, 1.82) is 0 Å². The van der Waals surface area contributed by atoms with Gasteiger partial charge in [0.15, 0.2) is 0 Å². The minimum Gasteiger partial charge on any atom is -0.363 e. The van der Waals surface area contributed by atoms with E-state index in [1.807, 2.05) is 44.3 Å². The number of halogens is 1. The Morgan fingerprint density at radius 3 is 2.62 bits per heavy atom. The standard InChI is InChI=1S/C13H17BrN2/c1-5-13(16(3)4)15-9-11-8-12(14)7-6-10(11)2/h5-9H,1-4H3/b13-5-,15-9-. The first kappa shape index (κ1) is 13.0. The van der Waals surface area contributed by atoms with Gasteiger partial charge in [-0.05, 0) is 43.2 Å². The summed E-state index contributed by atoms with van der Waals surface area (Å²) in [7, 11) is 3.97. The second-order valence-corrected chi connectivity index (χ2v) is 4.72. The van der Waals surface area contributed by atoms with E-state index < -0.39 is 0 Å². The average molecular weight is 281 g/mol. The molecule has 3 heteroatoms. The van der Waals surface area contributed by atoms with Crippen LogP contribution in [-0.2, 0) is 0 Å². The maximum Gasteiger partial charge on any atom is 0.123 e. The third-order valence-corrected chi connectivity index (χ3v) is 2.79. The number of rotatable bonds is 3. The third-order valence-electron chi connectivity index (χ3n) is 2.29. The SMILES string of the molecule is C/C=C(/N=C\c1cc(Br)ccc1C)N(C)C. The number of allylic oxidation sites excluding steroid dienone is 1. The second kappa shape index (κ2) is 5.85. The van der Waals surface area contributed by atoms with Crippen molar-refractivity contribution in [3.8, 4) is 0 Å². The van der Waals surface area contributed by atoms with E-state index in [2.05, 4.69) is 40.0 Å². The van der Waals surface area contributed by atoms with E-state index in [0.29, 0.717) is 0 Å². The molecule has 0 radical (unpaired) electrons. The molecule has 0 saturated carbocycles. The molecule has 0 bridgehead atoms. The highest BCUT2D eigenvalue weighted by molar-refractivity contribution is 9.10. The Bertz CT molecular complexity index is 420. The molecular formula is C13H17BrN2. The monoisotopic (exact) mass is 280 g/mol. The molecule has 16 heavy (non-hydrogen) atoms. The van der Waals surface area contributed by atoms with E-state index in [1.54, 1.807) is 0 Å². The van der Waals surface area contributed by atoms with Crippen LogP contribution < -0.4 is 0 Å². The van der Waals surface area contributed by atoms with Gasteiger partial charge in [0.25, 0.3) is 0 Å². The van der Waals surface area contributed by atoms with E-state index in [4.69, 9.17) is 0 Å². The molecule has 0 unspecified atom stereocenters. The van der Waals surface area contributed by atoms with Crippen LogP contribution >= 0.6 is 15.9 Å². The first-order valence-electron chi connectivity index (χ1n) is 5.18. The van der Waals surface area contributed by atoms with Crippen molar-refractivity contribution >= 4 is 22.1 Å². The van der Waals surface area contributed by atoms with E-state index >= 15 is 0 Å². The lowest BCUT2D eigenvalue weighted by molar-refractivity contribution is 0.506. The van der Waals surface area contributed by atoms with Crippen molar-refractivity contribution in [2.24, 2.45) is 4.99 Å². The first-order valence-corrected chi connectivity index (χ1v) is 5.97. The van der Waals surface area contributed by atoms with Gasteiger partial charge in [-0.1, -0.05) is 22.0 Å². The predicted octanol–water partition coefficient (Wildman–Crippen LogP) is 3.60. The van der Waals surface area contributed by atoms with Gasteiger partial charge in [0.2, 0.25) is 0 Å². The quantitative estimate of drug-likeness (QED) is 0.773. The number of benzene rings is 1. The highest BCUT2D eigenvalue weighted by atomic mass is 79.9. The van der Waals surface area contributed by atoms with Crippen molar-refractivity contribution in [1.82, 2.24) is 4.90 Å². The second-order valence-electron chi connectivity index (χ2n) is 3.80. The van der Waals surface area contributed by atoms with Crippen molar-refractivity contribution in [2.75, 3.05) is 14.1 Å². The zero-order valence-electron chi connectivity index (χ0n) is 10.2. The van der Waals surface area contributed by atoms with Gasteiger partial charge in [0, 0.05) is 24.8 Å². The van der Waals surface area contributed by atoms with E-state index in [-0.39, 0.29) is 0 Å². The van der Waals surface area contributed by atoms with Crippen LogP contribution in [0, 0.1) is 6.92 Å². The van der Waals surface area contributed by atoms with Crippen LogP contribution in [0.5, 0.6) is 0 Å². The topological polar surface area (TPSA) is 15.6 Å². The van der Waals surface area contributed by atoms with Gasteiger partial charge in [-0.2, -0.15) is 0 Å². The smallest absolute Gasteiger partial charge is 0.123 e. The minimum atomic E-state index is 0.958.